The van der Waals surface area contributed by atoms with Crippen LogP contribution in [0.5, 0.6) is 0 Å². The van der Waals surface area contributed by atoms with Crippen LogP contribution in [0.4, 0.5) is 5.82 Å². The van der Waals surface area contributed by atoms with E-state index in [0.29, 0.717) is 0 Å². The highest BCUT2D eigenvalue weighted by Gasteiger charge is 2.45. The standard InChI is InChI=1S/C13H23N3O12P2/c1-13(2,3)27-15-8-4-5-16(12(19)14-8)11-10(18)9(17)7(26-11)6-25-30(23,24)28-29(20,21)22/h4-5,7,9-11,17-18H,6H2,1-3H3,(H,23,24)(H,14,15,19)(H2,20,21,22)/t7-,9-,10-,11-/m1/s1. The molecule has 5 atom stereocenters. The van der Waals surface area contributed by atoms with E-state index in [0.717, 1.165) is 4.57 Å². The molecule has 1 aliphatic heterocycles. The van der Waals surface area contributed by atoms with Crippen molar-refractivity contribution in [3.63, 3.8) is 0 Å². The molecule has 0 radical (unpaired) electrons. The Balaban J connectivity index is 2.07. The zero-order valence-corrected chi connectivity index (χ0v) is 17.8. The number of phosphoric acid groups is 2. The highest BCUT2D eigenvalue weighted by Crippen LogP contribution is 2.57. The van der Waals surface area contributed by atoms with Crippen molar-refractivity contribution in [3.05, 3.63) is 22.7 Å². The molecule has 15 nitrogen and oxygen atoms in total. The van der Waals surface area contributed by atoms with Crippen molar-refractivity contribution < 1.29 is 52.4 Å². The number of hydrogen-bond donors (Lipinski definition) is 6. The van der Waals surface area contributed by atoms with Gasteiger partial charge in [0.15, 0.2) is 12.0 Å². The highest BCUT2D eigenvalue weighted by molar-refractivity contribution is 7.60. The number of rotatable bonds is 8. The maximum absolute atomic E-state index is 12.2. The van der Waals surface area contributed by atoms with Gasteiger partial charge in [-0.1, -0.05) is 0 Å². The van der Waals surface area contributed by atoms with E-state index in [1.807, 2.05) is 0 Å². The van der Waals surface area contributed by atoms with Gasteiger partial charge in [0.2, 0.25) is 0 Å². The van der Waals surface area contributed by atoms with Crippen molar-refractivity contribution >= 4 is 21.5 Å². The van der Waals surface area contributed by atoms with Crippen LogP contribution in [-0.4, -0.2) is 65.0 Å². The Morgan fingerprint density at radius 3 is 2.40 bits per heavy atom. The molecule has 17 heteroatoms. The van der Waals surface area contributed by atoms with Crippen LogP contribution in [0.1, 0.15) is 27.0 Å². The molecule has 1 aromatic heterocycles. The third kappa shape index (κ3) is 7.18. The summed E-state index contributed by atoms with van der Waals surface area (Å²) in [5.41, 5.74) is 1.07. The summed E-state index contributed by atoms with van der Waals surface area (Å²) in [7, 11) is -10.5. The van der Waals surface area contributed by atoms with Gasteiger partial charge in [-0.2, -0.15) is 9.29 Å². The molecular weight excluding hydrogens is 452 g/mol. The minimum atomic E-state index is -5.32. The molecule has 1 aliphatic rings. The van der Waals surface area contributed by atoms with Crippen molar-refractivity contribution in [1.29, 1.82) is 0 Å². The molecule has 1 saturated heterocycles. The number of hydrogen-bond acceptors (Lipinski definition) is 11. The van der Waals surface area contributed by atoms with Crippen molar-refractivity contribution in [1.82, 2.24) is 9.55 Å². The zero-order valence-electron chi connectivity index (χ0n) is 16.1. The van der Waals surface area contributed by atoms with Crippen LogP contribution in [0.2, 0.25) is 0 Å². The summed E-state index contributed by atoms with van der Waals surface area (Å²) in [6.07, 6.45) is -4.96. The van der Waals surface area contributed by atoms with Gasteiger partial charge in [0.25, 0.3) is 0 Å². The average molecular weight is 475 g/mol. The average Bonchev–Trinajstić information content (AvgIpc) is 2.84. The molecule has 2 rings (SSSR count). The fourth-order valence-electron chi connectivity index (χ4n) is 2.29. The Labute approximate surface area is 170 Å². The van der Waals surface area contributed by atoms with Gasteiger partial charge in [-0.3, -0.25) is 13.9 Å². The molecule has 1 fully saturated rings. The molecule has 0 amide bonds. The first-order valence-corrected chi connectivity index (χ1v) is 11.4. The number of nitrogens with zero attached hydrogens (tertiary/aromatic N) is 2. The van der Waals surface area contributed by atoms with Gasteiger partial charge < -0.3 is 29.6 Å². The molecule has 0 aliphatic carbocycles. The summed E-state index contributed by atoms with van der Waals surface area (Å²) in [5, 5.41) is 20.2. The van der Waals surface area contributed by atoms with Crippen molar-refractivity contribution in [3.8, 4) is 0 Å². The van der Waals surface area contributed by atoms with E-state index in [4.69, 9.17) is 19.4 Å². The fraction of sp³-hybridized carbons (Fsp3) is 0.692. The maximum atomic E-state index is 12.2. The smallest absolute Gasteiger partial charge is 0.387 e. The predicted molar refractivity (Wildman–Crippen MR) is 97.8 cm³/mol. The van der Waals surface area contributed by atoms with Gasteiger partial charge in [-0.25, -0.2) is 19.4 Å². The number of ether oxygens (including phenoxy) is 1. The SMILES string of the molecule is CC(C)(C)ONc1ccn([C@@H]2O[C@H](COP(=O)(O)OP(=O)(O)O)[C@@H](O)[C@H]2O)c(=O)n1. The molecule has 2 heterocycles. The van der Waals surface area contributed by atoms with E-state index in [1.165, 1.54) is 12.3 Å². The monoisotopic (exact) mass is 475 g/mol. The van der Waals surface area contributed by atoms with Gasteiger partial charge in [-0.15, -0.1) is 0 Å². The number of aliphatic hydroxyl groups excluding tert-OH is 2. The van der Waals surface area contributed by atoms with Gasteiger partial charge in [0.1, 0.15) is 18.3 Å². The minimum absolute atomic E-state index is 0.0786. The fourth-order valence-corrected chi connectivity index (χ4v) is 3.89. The Morgan fingerprint density at radius 2 is 1.87 bits per heavy atom. The second-order valence-corrected chi connectivity index (χ2v) is 10.0. The molecule has 0 aromatic carbocycles. The van der Waals surface area contributed by atoms with Gasteiger partial charge in [-0.05, 0) is 26.8 Å². The lowest BCUT2D eigenvalue weighted by molar-refractivity contribution is -0.0542. The third-order valence-electron chi connectivity index (χ3n) is 3.51. The van der Waals surface area contributed by atoms with E-state index in [9.17, 15) is 29.0 Å². The third-order valence-corrected chi connectivity index (χ3v) is 5.67. The normalized spacial score (nSPS) is 27.1. The summed E-state index contributed by atoms with van der Waals surface area (Å²) in [5.74, 6) is 0.0786. The van der Waals surface area contributed by atoms with E-state index >= 15 is 0 Å². The highest BCUT2D eigenvalue weighted by atomic mass is 31.3. The van der Waals surface area contributed by atoms with Crippen LogP contribution < -0.4 is 11.2 Å². The lowest BCUT2D eigenvalue weighted by Gasteiger charge is -2.20. The van der Waals surface area contributed by atoms with Gasteiger partial charge in [0.05, 0.1) is 12.2 Å². The number of aliphatic hydroxyl groups is 2. The second-order valence-electron chi connectivity index (χ2n) is 7.20. The molecule has 6 N–H and O–H groups in total. The first-order valence-electron chi connectivity index (χ1n) is 8.37. The van der Waals surface area contributed by atoms with Gasteiger partial charge in [0, 0.05) is 6.20 Å². The van der Waals surface area contributed by atoms with Crippen LogP contribution >= 0.6 is 15.6 Å². The number of anilines is 1. The Hall–Kier alpha value is -1.22. The van der Waals surface area contributed by atoms with Gasteiger partial charge >= 0.3 is 21.3 Å². The van der Waals surface area contributed by atoms with Crippen molar-refractivity contribution in [2.75, 3.05) is 12.1 Å². The molecule has 1 unspecified atom stereocenters. The Kier molecular flexibility index (Phi) is 7.60. The molecule has 1 aromatic rings. The predicted octanol–water partition coefficient (Wildman–Crippen LogP) is -0.769. The number of nitrogens with one attached hydrogen (secondary N) is 1. The first-order chi connectivity index (χ1) is 13.6. The number of aromatic nitrogens is 2. The van der Waals surface area contributed by atoms with Crippen LogP contribution in [0.25, 0.3) is 0 Å². The van der Waals surface area contributed by atoms with E-state index in [2.05, 4.69) is 19.3 Å². The van der Waals surface area contributed by atoms with E-state index < -0.39 is 58.1 Å². The Morgan fingerprint density at radius 1 is 1.23 bits per heavy atom. The van der Waals surface area contributed by atoms with Crippen LogP contribution in [0, 0.1) is 0 Å². The summed E-state index contributed by atoms with van der Waals surface area (Å²) in [6.45, 7) is 4.42. The topological polar surface area (TPSA) is 219 Å². The summed E-state index contributed by atoms with van der Waals surface area (Å²) in [4.78, 5) is 47.6. The number of phosphoric ester groups is 1. The first kappa shape index (κ1) is 25.0. The van der Waals surface area contributed by atoms with E-state index in [1.54, 1.807) is 20.8 Å². The largest absolute Gasteiger partial charge is 0.481 e. The molecule has 172 valence electrons. The van der Waals surface area contributed by atoms with Crippen LogP contribution in [-0.2, 0) is 27.5 Å². The quantitative estimate of drug-likeness (QED) is 0.201. The molecule has 0 spiro atoms. The molecule has 0 saturated carbocycles. The summed E-state index contributed by atoms with van der Waals surface area (Å²) < 4.78 is 36.3. The van der Waals surface area contributed by atoms with Crippen LogP contribution in [0.15, 0.2) is 17.1 Å². The van der Waals surface area contributed by atoms with Crippen molar-refractivity contribution in [2.45, 2.75) is 50.9 Å². The molecule has 30 heavy (non-hydrogen) atoms. The summed E-state index contributed by atoms with van der Waals surface area (Å²) >= 11 is 0. The van der Waals surface area contributed by atoms with Crippen molar-refractivity contribution in [2.24, 2.45) is 0 Å². The molecular formula is C13H23N3O12P2. The lowest BCUT2D eigenvalue weighted by atomic mass is 10.1. The molecule has 0 bridgehead atoms. The zero-order chi connectivity index (χ0) is 22.9. The maximum Gasteiger partial charge on any atom is 0.481 e. The van der Waals surface area contributed by atoms with Crippen LogP contribution in [0.3, 0.4) is 0 Å². The van der Waals surface area contributed by atoms with E-state index in [-0.39, 0.29) is 5.82 Å². The Bertz CT molecular complexity index is 896. The summed E-state index contributed by atoms with van der Waals surface area (Å²) in [6, 6.07) is 1.34. The minimum Gasteiger partial charge on any atom is -0.387 e. The second kappa shape index (κ2) is 9.10. The lowest BCUT2D eigenvalue weighted by Crippen LogP contribution is -2.36.